The van der Waals surface area contributed by atoms with Gasteiger partial charge in [-0.1, -0.05) is 5.16 Å². The molecule has 0 bridgehead atoms. The van der Waals surface area contributed by atoms with Crippen LogP contribution in [-0.2, 0) is 0 Å². The molecular formula is C13H12N4O3. The lowest BCUT2D eigenvalue weighted by Gasteiger charge is -2.04. The molecule has 0 unspecified atom stereocenters. The molecule has 1 amide bonds. The molecule has 3 rings (SSSR count). The van der Waals surface area contributed by atoms with E-state index in [1.807, 2.05) is 0 Å². The van der Waals surface area contributed by atoms with Gasteiger partial charge in [0.15, 0.2) is 0 Å². The Bertz CT molecular complexity index is 836. The van der Waals surface area contributed by atoms with Gasteiger partial charge in [-0.3, -0.25) is 4.79 Å². The standard InChI is InChI=1S/C13H12N4O3/c1-6-11(7(2)20-17-6)12(18)14-8-3-4-9-10(5-8)16-13(19)15-9/h3-5H,1-2H3,(H,14,18)(H2,15,16,19). The molecule has 20 heavy (non-hydrogen) atoms. The van der Waals surface area contributed by atoms with E-state index in [-0.39, 0.29) is 11.6 Å². The van der Waals surface area contributed by atoms with Crippen LogP contribution in [0.15, 0.2) is 27.5 Å². The summed E-state index contributed by atoms with van der Waals surface area (Å²) in [4.78, 5) is 28.6. The number of hydrogen-bond acceptors (Lipinski definition) is 4. The van der Waals surface area contributed by atoms with Crippen LogP contribution in [0.5, 0.6) is 0 Å². The number of nitrogens with zero attached hydrogens (tertiary/aromatic N) is 1. The average Bonchev–Trinajstić information content (AvgIpc) is 2.91. The zero-order valence-corrected chi connectivity index (χ0v) is 10.9. The highest BCUT2D eigenvalue weighted by Crippen LogP contribution is 2.18. The third-order valence-electron chi connectivity index (χ3n) is 3.03. The van der Waals surface area contributed by atoms with Crippen LogP contribution < -0.4 is 11.0 Å². The Hall–Kier alpha value is -2.83. The molecule has 0 saturated carbocycles. The number of nitrogens with one attached hydrogen (secondary N) is 3. The molecule has 0 aliphatic rings. The van der Waals surface area contributed by atoms with Gasteiger partial charge in [-0.25, -0.2) is 4.79 Å². The molecule has 3 aromatic rings. The Kier molecular flexibility index (Phi) is 2.67. The predicted octanol–water partition coefficient (Wildman–Crippen LogP) is 1.71. The molecule has 1 aromatic carbocycles. The van der Waals surface area contributed by atoms with Crippen molar-refractivity contribution in [2.24, 2.45) is 0 Å². The molecule has 0 aliphatic carbocycles. The molecule has 0 spiro atoms. The number of imidazole rings is 1. The average molecular weight is 272 g/mol. The minimum Gasteiger partial charge on any atom is -0.361 e. The normalized spacial score (nSPS) is 10.9. The van der Waals surface area contributed by atoms with Gasteiger partial charge in [0, 0.05) is 5.69 Å². The number of amides is 1. The number of H-pyrrole nitrogens is 2. The molecule has 2 heterocycles. The molecule has 7 heteroatoms. The lowest BCUT2D eigenvalue weighted by molar-refractivity contribution is 0.102. The number of fused-ring (bicyclic) bond motifs is 1. The van der Waals surface area contributed by atoms with Gasteiger partial charge in [-0.2, -0.15) is 0 Å². The van der Waals surface area contributed by atoms with Gasteiger partial charge in [-0.15, -0.1) is 0 Å². The smallest absolute Gasteiger partial charge is 0.323 e. The Labute approximate surface area is 113 Å². The highest BCUT2D eigenvalue weighted by atomic mass is 16.5. The van der Waals surface area contributed by atoms with E-state index in [4.69, 9.17) is 4.52 Å². The van der Waals surface area contributed by atoms with E-state index < -0.39 is 0 Å². The van der Waals surface area contributed by atoms with Crippen molar-refractivity contribution in [3.05, 3.63) is 45.7 Å². The Balaban J connectivity index is 1.93. The first-order valence-corrected chi connectivity index (χ1v) is 6.01. The summed E-state index contributed by atoms with van der Waals surface area (Å²) in [5.41, 5.74) is 2.58. The van der Waals surface area contributed by atoms with Crippen LogP contribution in [-0.4, -0.2) is 21.0 Å². The molecule has 102 valence electrons. The van der Waals surface area contributed by atoms with Crippen molar-refractivity contribution in [1.82, 2.24) is 15.1 Å². The van der Waals surface area contributed by atoms with Crippen molar-refractivity contribution >= 4 is 22.6 Å². The molecule has 0 atom stereocenters. The van der Waals surface area contributed by atoms with Crippen molar-refractivity contribution in [2.45, 2.75) is 13.8 Å². The quantitative estimate of drug-likeness (QED) is 0.660. The molecule has 0 radical (unpaired) electrons. The minimum atomic E-state index is -0.293. The number of aryl methyl sites for hydroxylation is 2. The highest BCUT2D eigenvalue weighted by Gasteiger charge is 2.17. The van der Waals surface area contributed by atoms with Crippen molar-refractivity contribution in [3.63, 3.8) is 0 Å². The number of anilines is 1. The first-order valence-electron chi connectivity index (χ1n) is 6.01. The summed E-state index contributed by atoms with van der Waals surface area (Å²) in [5, 5.41) is 6.50. The molecule has 0 aliphatic heterocycles. The van der Waals surface area contributed by atoms with E-state index in [1.54, 1.807) is 32.0 Å². The van der Waals surface area contributed by atoms with Crippen LogP contribution in [0.4, 0.5) is 5.69 Å². The molecule has 0 fully saturated rings. The largest absolute Gasteiger partial charge is 0.361 e. The Morgan fingerprint density at radius 2 is 2.00 bits per heavy atom. The number of aromatic nitrogens is 3. The van der Waals surface area contributed by atoms with E-state index in [2.05, 4.69) is 20.4 Å². The summed E-state index contributed by atoms with van der Waals surface area (Å²) in [5.74, 6) is 0.176. The second-order valence-electron chi connectivity index (χ2n) is 4.49. The molecule has 0 saturated heterocycles. The number of carbonyl (C=O) groups is 1. The summed E-state index contributed by atoms with van der Waals surface area (Å²) < 4.78 is 4.96. The molecule has 2 aromatic heterocycles. The lowest BCUT2D eigenvalue weighted by Crippen LogP contribution is -2.13. The van der Waals surface area contributed by atoms with E-state index in [1.165, 1.54) is 0 Å². The third kappa shape index (κ3) is 1.99. The fourth-order valence-corrected chi connectivity index (χ4v) is 2.11. The molecule has 7 nitrogen and oxygen atoms in total. The number of aromatic amines is 2. The van der Waals surface area contributed by atoms with Crippen molar-refractivity contribution in [2.75, 3.05) is 5.32 Å². The maximum atomic E-state index is 12.2. The number of carbonyl (C=O) groups excluding carboxylic acids is 1. The van der Waals surface area contributed by atoms with Crippen molar-refractivity contribution in [1.29, 1.82) is 0 Å². The SMILES string of the molecule is Cc1noc(C)c1C(=O)Nc1ccc2[nH]c(=O)[nH]c2c1. The van der Waals surface area contributed by atoms with Gasteiger partial charge >= 0.3 is 5.69 Å². The van der Waals surface area contributed by atoms with Crippen LogP contribution in [0.3, 0.4) is 0 Å². The summed E-state index contributed by atoms with van der Waals surface area (Å²) in [7, 11) is 0. The van der Waals surface area contributed by atoms with Crippen molar-refractivity contribution < 1.29 is 9.32 Å². The van der Waals surface area contributed by atoms with Crippen LogP contribution in [0, 0.1) is 13.8 Å². The maximum absolute atomic E-state index is 12.2. The number of rotatable bonds is 2. The van der Waals surface area contributed by atoms with Crippen LogP contribution in [0.25, 0.3) is 11.0 Å². The van der Waals surface area contributed by atoms with E-state index in [0.29, 0.717) is 33.7 Å². The zero-order chi connectivity index (χ0) is 14.3. The minimum absolute atomic E-state index is 0.283. The van der Waals surface area contributed by atoms with Gasteiger partial charge in [0.25, 0.3) is 5.91 Å². The Morgan fingerprint density at radius 1 is 1.25 bits per heavy atom. The summed E-state index contributed by atoms with van der Waals surface area (Å²) in [6, 6.07) is 5.11. The van der Waals surface area contributed by atoms with Crippen LogP contribution in [0.1, 0.15) is 21.8 Å². The highest BCUT2D eigenvalue weighted by molar-refractivity contribution is 6.06. The van der Waals surface area contributed by atoms with Crippen LogP contribution in [0.2, 0.25) is 0 Å². The van der Waals surface area contributed by atoms with Crippen molar-refractivity contribution in [3.8, 4) is 0 Å². The summed E-state index contributed by atoms with van der Waals surface area (Å²) in [6.07, 6.45) is 0. The van der Waals surface area contributed by atoms with Gasteiger partial charge in [0.1, 0.15) is 11.3 Å². The first-order chi connectivity index (χ1) is 9.54. The molecular weight excluding hydrogens is 260 g/mol. The van der Waals surface area contributed by atoms with Gasteiger partial charge < -0.3 is 19.8 Å². The lowest BCUT2D eigenvalue weighted by atomic mass is 10.2. The van der Waals surface area contributed by atoms with Gasteiger partial charge in [0.05, 0.1) is 16.7 Å². The second kappa shape index (κ2) is 4.37. The fraction of sp³-hybridized carbons (Fsp3) is 0.154. The van der Waals surface area contributed by atoms with Crippen LogP contribution >= 0.6 is 0 Å². The monoisotopic (exact) mass is 272 g/mol. The Morgan fingerprint density at radius 3 is 2.70 bits per heavy atom. The van der Waals surface area contributed by atoms with Gasteiger partial charge in [-0.05, 0) is 32.0 Å². The van der Waals surface area contributed by atoms with Gasteiger partial charge in [0.2, 0.25) is 0 Å². The van der Waals surface area contributed by atoms with E-state index in [0.717, 1.165) is 0 Å². The second-order valence-corrected chi connectivity index (χ2v) is 4.49. The van der Waals surface area contributed by atoms with E-state index in [9.17, 15) is 9.59 Å². The maximum Gasteiger partial charge on any atom is 0.323 e. The topological polar surface area (TPSA) is 104 Å². The molecule has 3 N–H and O–H groups in total. The van der Waals surface area contributed by atoms with E-state index >= 15 is 0 Å². The summed E-state index contributed by atoms with van der Waals surface area (Å²) >= 11 is 0. The fourth-order valence-electron chi connectivity index (χ4n) is 2.11. The zero-order valence-electron chi connectivity index (χ0n) is 10.9. The third-order valence-corrected chi connectivity index (χ3v) is 3.03. The summed E-state index contributed by atoms with van der Waals surface area (Å²) in [6.45, 7) is 3.39. The number of hydrogen-bond donors (Lipinski definition) is 3. The number of benzene rings is 1. The first kappa shape index (κ1) is 12.2. The predicted molar refractivity (Wildman–Crippen MR) is 72.8 cm³/mol.